The van der Waals surface area contributed by atoms with Gasteiger partial charge >= 0.3 is 0 Å². The Morgan fingerprint density at radius 3 is 2.36 bits per heavy atom. The van der Waals surface area contributed by atoms with Gasteiger partial charge in [-0.05, 0) is 11.8 Å². The predicted octanol–water partition coefficient (Wildman–Crippen LogP) is 1.12. The van der Waals surface area contributed by atoms with Crippen LogP contribution in [0.3, 0.4) is 0 Å². The van der Waals surface area contributed by atoms with Gasteiger partial charge in [0, 0.05) is 19.6 Å². The van der Waals surface area contributed by atoms with Gasteiger partial charge in [0.2, 0.25) is 0 Å². The summed E-state index contributed by atoms with van der Waals surface area (Å²) in [6.45, 7) is 10.8. The Balaban J connectivity index is 2.21. The van der Waals surface area contributed by atoms with E-state index < -0.39 is 0 Å². The highest BCUT2D eigenvalue weighted by molar-refractivity contribution is 4.72. The highest BCUT2D eigenvalue weighted by Crippen LogP contribution is 2.21. The molecule has 84 valence electrons. The molecule has 0 bridgehead atoms. The Bertz CT molecular complexity index is 159. The number of morpholine rings is 1. The fourth-order valence-corrected chi connectivity index (χ4v) is 1.85. The SMILES string of the molecule is CC(C)(C)CC(O)CN1CCOCC1. The van der Waals surface area contributed by atoms with Crippen LogP contribution in [0.15, 0.2) is 0 Å². The molecule has 0 amide bonds. The van der Waals surface area contributed by atoms with Gasteiger partial charge < -0.3 is 9.84 Å². The Morgan fingerprint density at radius 2 is 1.86 bits per heavy atom. The van der Waals surface area contributed by atoms with Crippen LogP contribution in [0.2, 0.25) is 0 Å². The van der Waals surface area contributed by atoms with Crippen LogP contribution < -0.4 is 0 Å². The molecule has 0 spiro atoms. The molecule has 0 saturated carbocycles. The fourth-order valence-electron chi connectivity index (χ4n) is 1.85. The topological polar surface area (TPSA) is 32.7 Å². The summed E-state index contributed by atoms with van der Waals surface area (Å²) in [7, 11) is 0. The summed E-state index contributed by atoms with van der Waals surface area (Å²) in [5, 5.41) is 9.85. The molecule has 1 atom stereocenters. The van der Waals surface area contributed by atoms with E-state index in [0.29, 0.717) is 0 Å². The van der Waals surface area contributed by atoms with Crippen molar-refractivity contribution in [3.8, 4) is 0 Å². The van der Waals surface area contributed by atoms with Gasteiger partial charge in [-0.1, -0.05) is 20.8 Å². The maximum atomic E-state index is 9.85. The van der Waals surface area contributed by atoms with Crippen molar-refractivity contribution < 1.29 is 9.84 Å². The molecular weight excluding hydrogens is 178 g/mol. The summed E-state index contributed by atoms with van der Waals surface area (Å²) in [5.41, 5.74) is 0.214. The van der Waals surface area contributed by atoms with Crippen LogP contribution in [-0.4, -0.2) is 49.0 Å². The molecule has 1 fully saturated rings. The molecule has 1 unspecified atom stereocenters. The summed E-state index contributed by atoms with van der Waals surface area (Å²) in [4.78, 5) is 2.28. The number of rotatable bonds is 3. The first-order chi connectivity index (χ1) is 6.47. The molecule has 1 rings (SSSR count). The van der Waals surface area contributed by atoms with Crippen LogP contribution in [0, 0.1) is 5.41 Å². The zero-order chi connectivity index (χ0) is 10.6. The van der Waals surface area contributed by atoms with Gasteiger partial charge in [0.15, 0.2) is 0 Å². The lowest BCUT2D eigenvalue weighted by atomic mass is 9.89. The van der Waals surface area contributed by atoms with E-state index >= 15 is 0 Å². The van der Waals surface area contributed by atoms with Gasteiger partial charge in [-0.25, -0.2) is 0 Å². The molecule has 1 saturated heterocycles. The number of aliphatic hydroxyl groups is 1. The zero-order valence-electron chi connectivity index (χ0n) is 9.62. The second kappa shape index (κ2) is 5.10. The van der Waals surface area contributed by atoms with Crippen LogP contribution in [-0.2, 0) is 4.74 Å². The van der Waals surface area contributed by atoms with E-state index in [4.69, 9.17) is 4.74 Å². The maximum absolute atomic E-state index is 9.85. The molecule has 0 aliphatic carbocycles. The van der Waals surface area contributed by atoms with Crippen LogP contribution in [0.5, 0.6) is 0 Å². The average Bonchev–Trinajstić information content (AvgIpc) is 2.02. The molecule has 0 radical (unpaired) electrons. The molecule has 14 heavy (non-hydrogen) atoms. The minimum absolute atomic E-state index is 0.201. The molecule has 1 N–H and O–H groups in total. The van der Waals surface area contributed by atoms with Gasteiger partial charge in [0.25, 0.3) is 0 Å². The van der Waals surface area contributed by atoms with Crippen molar-refractivity contribution in [1.82, 2.24) is 4.90 Å². The monoisotopic (exact) mass is 201 g/mol. The minimum atomic E-state index is -0.201. The van der Waals surface area contributed by atoms with Crippen LogP contribution in [0.1, 0.15) is 27.2 Å². The Labute approximate surface area is 87.1 Å². The number of ether oxygens (including phenoxy) is 1. The van der Waals surface area contributed by atoms with Crippen molar-refractivity contribution >= 4 is 0 Å². The van der Waals surface area contributed by atoms with Crippen molar-refractivity contribution in [2.45, 2.75) is 33.3 Å². The van der Waals surface area contributed by atoms with Crippen molar-refractivity contribution in [3.63, 3.8) is 0 Å². The largest absolute Gasteiger partial charge is 0.392 e. The fraction of sp³-hybridized carbons (Fsp3) is 1.00. The molecule has 0 aromatic heterocycles. The molecular formula is C11H23NO2. The first kappa shape index (κ1) is 12.0. The Kier molecular flexibility index (Phi) is 4.35. The van der Waals surface area contributed by atoms with Crippen molar-refractivity contribution in [2.24, 2.45) is 5.41 Å². The lowest BCUT2D eigenvalue weighted by Crippen LogP contribution is -2.41. The predicted molar refractivity (Wildman–Crippen MR) is 57.3 cm³/mol. The second-order valence-corrected chi connectivity index (χ2v) is 5.33. The Morgan fingerprint density at radius 1 is 1.29 bits per heavy atom. The number of nitrogens with zero attached hydrogens (tertiary/aromatic N) is 1. The second-order valence-electron chi connectivity index (χ2n) is 5.33. The number of β-amino-alcohol motifs (C(OH)–C–C–N with tert-alkyl or cyclic N) is 1. The normalized spacial score (nSPS) is 22.3. The molecule has 1 aliphatic heterocycles. The smallest absolute Gasteiger partial charge is 0.0672 e. The third-order valence-corrected chi connectivity index (χ3v) is 2.42. The summed E-state index contributed by atoms with van der Waals surface area (Å²) in [6, 6.07) is 0. The number of aliphatic hydroxyl groups excluding tert-OH is 1. The first-order valence-corrected chi connectivity index (χ1v) is 5.45. The number of hydrogen-bond acceptors (Lipinski definition) is 3. The quantitative estimate of drug-likeness (QED) is 0.742. The maximum Gasteiger partial charge on any atom is 0.0672 e. The first-order valence-electron chi connectivity index (χ1n) is 5.45. The highest BCUT2D eigenvalue weighted by Gasteiger charge is 2.20. The van der Waals surface area contributed by atoms with Crippen molar-refractivity contribution in [1.29, 1.82) is 0 Å². The average molecular weight is 201 g/mol. The van der Waals surface area contributed by atoms with E-state index in [0.717, 1.165) is 39.3 Å². The van der Waals surface area contributed by atoms with E-state index in [1.54, 1.807) is 0 Å². The standard InChI is InChI=1S/C11H23NO2/c1-11(2,3)8-10(13)9-12-4-6-14-7-5-12/h10,13H,4-9H2,1-3H3. The van der Waals surface area contributed by atoms with Gasteiger partial charge in [-0.2, -0.15) is 0 Å². The summed E-state index contributed by atoms with van der Waals surface area (Å²) in [5.74, 6) is 0. The van der Waals surface area contributed by atoms with Crippen molar-refractivity contribution in [2.75, 3.05) is 32.8 Å². The Hall–Kier alpha value is -0.120. The lowest BCUT2D eigenvalue weighted by molar-refractivity contribution is 0.00663. The van der Waals surface area contributed by atoms with E-state index in [2.05, 4.69) is 25.7 Å². The van der Waals surface area contributed by atoms with E-state index in [-0.39, 0.29) is 11.5 Å². The molecule has 1 aliphatic rings. The van der Waals surface area contributed by atoms with Gasteiger partial charge in [0.05, 0.1) is 19.3 Å². The molecule has 0 aromatic rings. The molecule has 0 aromatic carbocycles. The lowest BCUT2D eigenvalue weighted by Gasteiger charge is -2.30. The third kappa shape index (κ3) is 4.94. The van der Waals surface area contributed by atoms with Crippen LogP contribution in [0.25, 0.3) is 0 Å². The molecule has 1 heterocycles. The zero-order valence-corrected chi connectivity index (χ0v) is 9.62. The highest BCUT2D eigenvalue weighted by atomic mass is 16.5. The summed E-state index contributed by atoms with van der Waals surface area (Å²) in [6.07, 6.45) is 0.665. The van der Waals surface area contributed by atoms with Gasteiger partial charge in [0.1, 0.15) is 0 Å². The third-order valence-electron chi connectivity index (χ3n) is 2.42. The number of hydrogen-bond donors (Lipinski definition) is 1. The molecule has 3 nitrogen and oxygen atoms in total. The minimum Gasteiger partial charge on any atom is -0.392 e. The molecule has 3 heteroatoms. The summed E-state index contributed by atoms with van der Waals surface area (Å²) < 4.78 is 5.26. The van der Waals surface area contributed by atoms with Gasteiger partial charge in [-0.15, -0.1) is 0 Å². The van der Waals surface area contributed by atoms with E-state index in [9.17, 15) is 5.11 Å². The van der Waals surface area contributed by atoms with Crippen molar-refractivity contribution in [3.05, 3.63) is 0 Å². The van der Waals surface area contributed by atoms with Crippen LogP contribution >= 0.6 is 0 Å². The van der Waals surface area contributed by atoms with Gasteiger partial charge in [-0.3, -0.25) is 4.90 Å². The van der Waals surface area contributed by atoms with Crippen LogP contribution in [0.4, 0.5) is 0 Å². The van der Waals surface area contributed by atoms with E-state index in [1.165, 1.54) is 0 Å². The summed E-state index contributed by atoms with van der Waals surface area (Å²) >= 11 is 0. The van der Waals surface area contributed by atoms with E-state index in [1.807, 2.05) is 0 Å².